The number of nitrogens with one attached hydrogen (secondary N) is 1. The lowest BCUT2D eigenvalue weighted by Crippen LogP contribution is -2.41. The molecule has 0 saturated heterocycles. The van der Waals surface area contributed by atoms with E-state index in [1.807, 2.05) is 37.3 Å². The number of carboxylic acids is 1. The van der Waals surface area contributed by atoms with Crippen LogP contribution in [0.2, 0.25) is 0 Å². The van der Waals surface area contributed by atoms with Gasteiger partial charge in [0.1, 0.15) is 16.7 Å². The Kier molecular flexibility index (Phi) is 7.09. The van der Waals surface area contributed by atoms with E-state index in [-0.39, 0.29) is 5.69 Å². The molecule has 1 amide bonds. The van der Waals surface area contributed by atoms with Crippen molar-refractivity contribution in [2.45, 2.75) is 38.8 Å². The third-order valence-electron chi connectivity index (χ3n) is 3.64. The Hall–Kier alpha value is -2.25. The number of unbranched alkanes of at least 4 members (excludes halogenated alkanes) is 1. The zero-order valence-corrected chi connectivity index (χ0v) is 15.1. The molecular weight excluding hydrogens is 340 g/mol. The van der Waals surface area contributed by atoms with Gasteiger partial charge in [-0.15, -0.1) is 11.3 Å². The molecule has 0 saturated carbocycles. The van der Waals surface area contributed by atoms with Crippen molar-refractivity contribution in [3.63, 3.8) is 0 Å². The first-order valence-corrected chi connectivity index (χ1v) is 8.96. The molecule has 7 heteroatoms. The van der Waals surface area contributed by atoms with Gasteiger partial charge in [-0.1, -0.05) is 50.1 Å². The second-order valence-corrected chi connectivity index (χ2v) is 6.67. The molecule has 1 unspecified atom stereocenters. The summed E-state index contributed by atoms with van der Waals surface area (Å²) in [6, 6.07) is 8.54. The molecule has 0 radical (unpaired) electrons. The molecule has 1 atom stereocenters. The molecule has 2 aromatic rings. The molecule has 1 heterocycles. The number of aliphatic carboxylic acids is 1. The third kappa shape index (κ3) is 5.11. The molecular formula is C18H22N2O4S. The first-order valence-electron chi connectivity index (χ1n) is 8.14. The SMILES string of the molecule is CCCCC(NC(=O)c1nc(COC)sc1-c1ccccc1)C(=O)O. The summed E-state index contributed by atoms with van der Waals surface area (Å²) in [7, 11) is 1.56. The van der Waals surface area contributed by atoms with E-state index >= 15 is 0 Å². The molecule has 0 bridgehead atoms. The van der Waals surface area contributed by atoms with Crippen molar-refractivity contribution < 1.29 is 19.4 Å². The molecule has 1 aromatic carbocycles. The maximum Gasteiger partial charge on any atom is 0.326 e. The fraction of sp³-hybridized carbons (Fsp3) is 0.389. The molecule has 134 valence electrons. The molecule has 0 spiro atoms. The summed E-state index contributed by atoms with van der Waals surface area (Å²) in [5.41, 5.74) is 1.11. The van der Waals surface area contributed by atoms with E-state index in [2.05, 4.69) is 10.3 Å². The van der Waals surface area contributed by atoms with E-state index in [0.29, 0.717) is 22.9 Å². The van der Waals surface area contributed by atoms with E-state index in [0.717, 1.165) is 18.4 Å². The lowest BCUT2D eigenvalue weighted by molar-refractivity contribution is -0.139. The standard InChI is InChI=1S/C18H22N2O4S/c1-3-4-10-13(18(22)23)19-17(21)15-16(12-8-6-5-7-9-12)25-14(20-15)11-24-2/h5-9,13H,3-4,10-11H2,1-2H3,(H,19,21)(H,22,23). The van der Waals surface area contributed by atoms with Crippen LogP contribution in [0.4, 0.5) is 0 Å². The average Bonchev–Trinajstić information content (AvgIpc) is 3.03. The third-order valence-corrected chi connectivity index (χ3v) is 4.72. The van der Waals surface area contributed by atoms with Gasteiger partial charge in [0.15, 0.2) is 0 Å². The van der Waals surface area contributed by atoms with Gasteiger partial charge in [0.2, 0.25) is 0 Å². The van der Waals surface area contributed by atoms with Gasteiger partial charge < -0.3 is 15.2 Å². The van der Waals surface area contributed by atoms with Crippen molar-refractivity contribution in [2.24, 2.45) is 0 Å². The van der Waals surface area contributed by atoms with Gasteiger partial charge in [-0.05, 0) is 12.0 Å². The molecule has 0 aliphatic heterocycles. The number of ether oxygens (including phenoxy) is 1. The predicted molar refractivity (Wildman–Crippen MR) is 96.7 cm³/mol. The number of hydrogen-bond donors (Lipinski definition) is 2. The number of hydrogen-bond acceptors (Lipinski definition) is 5. The Balaban J connectivity index is 2.29. The van der Waals surface area contributed by atoms with Crippen molar-refractivity contribution in [3.05, 3.63) is 41.0 Å². The van der Waals surface area contributed by atoms with Crippen LogP contribution in [0.15, 0.2) is 30.3 Å². The van der Waals surface area contributed by atoms with Gasteiger partial charge in [-0.2, -0.15) is 0 Å². The minimum absolute atomic E-state index is 0.242. The highest BCUT2D eigenvalue weighted by Gasteiger charge is 2.25. The Labute approximate surface area is 150 Å². The molecule has 0 aliphatic carbocycles. The second kappa shape index (κ2) is 9.29. The highest BCUT2D eigenvalue weighted by molar-refractivity contribution is 7.15. The summed E-state index contributed by atoms with van der Waals surface area (Å²) in [4.78, 5) is 29.1. The molecule has 2 rings (SSSR count). The maximum absolute atomic E-state index is 12.7. The van der Waals surface area contributed by atoms with E-state index in [4.69, 9.17) is 4.74 Å². The smallest absolute Gasteiger partial charge is 0.326 e. The van der Waals surface area contributed by atoms with E-state index in [1.165, 1.54) is 11.3 Å². The predicted octanol–water partition coefficient (Wildman–Crippen LogP) is 3.33. The van der Waals surface area contributed by atoms with Crippen LogP contribution in [0.25, 0.3) is 10.4 Å². The van der Waals surface area contributed by atoms with Crippen molar-refractivity contribution in [1.82, 2.24) is 10.3 Å². The first-order chi connectivity index (χ1) is 12.1. The molecule has 2 N–H and O–H groups in total. The van der Waals surface area contributed by atoms with Crippen molar-refractivity contribution in [3.8, 4) is 10.4 Å². The zero-order valence-electron chi connectivity index (χ0n) is 14.3. The monoisotopic (exact) mass is 362 g/mol. The number of carbonyl (C=O) groups is 2. The Morgan fingerprint density at radius 3 is 2.64 bits per heavy atom. The van der Waals surface area contributed by atoms with Gasteiger partial charge in [0.25, 0.3) is 5.91 Å². The van der Waals surface area contributed by atoms with Crippen LogP contribution in [0.1, 0.15) is 41.7 Å². The van der Waals surface area contributed by atoms with Crippen LogP contribution in [0, 0.1) is 0 Å². The van der Waals surface area contributed by atoms with Crippen LogP contribution in [0.5, 0.6) is 0 Å². The fourth-order valence-corrected chi connectivity index (χ4v) is 3.42. The summed E-state index contributed by atoms with van der Waals surface area (Å²) in [5.74, 6) is -1.50. The number of carbonyl (C=O) groups excluding carboxylic acids is 1. The van der Waals surface area contributed by atoms with E-state index < -0.39 is 17.9 Å². The minimum Gasteiger partial charge on any atom is -0.480 e. The van der Waals surface area contributed by atoms with E-state index in [9.17, 15) is 14.7 Å². The zero-order chi connectivity index (χ0) is 18.2. The molecule has 0 aliphatic rings. The van der Waals surface area contributed by atoms with Crippen LogP contribution in [-0.2, 0) is 16.1 Å². The van der Waals surface area contributed by atoms with Crippen molar-refractivity contribution in [1.29, 1.82) is 0 Å². The maximum atomic E-state index is 12.7. The summed E-state index contributed by atoms with van der Waals surface area (Å²) in [5, 5.41) is 12.6. The molecule has 0 fully saturated rings. The molecule has 1 aromatic heterocycles. The van der Waals surface area contributed by atoms with Gasteiger partial charge >= 0.3 is 5.97 Å². The van der Waals surface area contributed by atoms with Gasteiger partial charge in [0.05, 0.1) is 11.5 Å². The van der Waals surface area contributed by atoms with Crippen LogP contribution < -0.4 is 5.32 Å². The number of benzene rings is 1. The molecule has 6 nitrogen and oxygen atoms in total. The summed E-state index contributed by atoms with van der Waals surface area (Å²) < 4.78 is 5.11. The number of nitrogens with zero attached hydrogens (tertiary/aromatic N) is 1. The van der Waals surface area contributed by atoms with Gasteiger partial charge in [-0.3, -0.25) is 4.79 Å². The summed E-state index contributed by atoms with van der Waals surface area (Å²) in [6.45, 7) is 2.28. The van der Waals surface area contributed by atoms with Crippen LogP contribution in [-0.4, -0.2) is 35.1 Å². The van der Waals surface area contributed by atoms with Crippen LogP contribution >= 0.6 is 11.3 Å². The number of thiazole rings is 1. The highest BCUT2D eigenvalue weighted by atomic mass is 32.1. The Bertz CT molecular complexity index is 715. The van der Waals surface area contributed by atoms with Crippen molar-refractivity contribution >= 4 is 23.2 Å². The number of rotatable bonds is 9. The number of amides is 1. The normalized spacial score (nSPS) is 11.9. The molecule has 25 heavy (non-hydrogen) atoms. The Morgan fingerprint density at radius 2 is 2.04 bits per heavy atom. The fourth-order valence-electron chi connectivity index (χ4n) is 2.38. The lowest BCUT2D eigenvalue weighted by Gasteiger charge is -2.13. The number of aromatic nitrogens is 1. The highest BCUT2D eigenvalue weighted by Crippen LogP contribution is 2.30. The van der Waals surface area contributed by atoms with Gasteiger partial charge in [0, 0.05) is 7.11 Å². The number of carboxylic acid groups (broad SMARTS) is 1. The number of methoxy groups -OCH3 is 1. The van der Waals surface area contributed by atoms with Crippen LogP contribution in [0.3, 0.4) is 0 Å². The Morgan fingerprint density at radius 1 is 1.32 bits per heavy atom. The second-order valence-electron chi connectivity index (χ2n) is 5.59. The minimum atomic E-state index is -1.03. The van der Waals surface area contributed by atoms with E-state index in [1.54, 1.807) is 7.11 Å². The quantitative estimate of drug-likeness (QED) is 0.714. The van der Waals surface area contributed by atoms with Gasteiger partial charge in [-0.25, -0.2) is 9.78 Å². The van der Waals surface area contributed by atoms with Crippen molar-refractivity contribution in [2.75, 3.05) is 7.11 Å². The first kappa shape index (κ1) is 19.1. The summed E-state index contributed by atoms with van der Waals surface area (Å²) >= 11 is 1.37. The lowest BCUT2D eigenvalue weighted by atomic mass is 10.1. The summed E-state index contributed by atoms with van der Waals surface area (Å²) in [6.07, 6.45) is 1.99. The average molecular weight is 362 g/mol. The topological polar surface area (TPSA) is 88.5 Å². The largest absolute Gasteiger partial charge is 0.480 e.